The van der Waals surface area contributed by atoms with Crippen molar-refractivity contribution in [3.05, 3.63) is 21.0 Å². The lowest BCUT2D eigenvalue weighted by Crippen LogP contribution is -2.34. The van der Waals surface area contributed by atoms with Crippen LogP contribution in [0.15, 0.2) is 15.5 Å². The van der Waals surface area contributed by atoms with E-state index in [1.807, 2.05) is 0 Å². The van der Waals surface area contributed by atoms with Gasteiger partial charge < -0.3 is 14.8 Å². The number of hydrogen-bond donors (Lipinski definition) is 2. The number of rotatable bonds is 3. The molecule has 1 fully saturated rings. The van der Waals surface area contributed by atoms with Gasteiger partial charge in [-0.2, -0.15) is 5.10 Å². The van der Waals surface area contributed by atoms with E-state index in [4.69, 9.17) is 9.47 Å². The molecule has 2 rings (SSSR count). The van der Waals surface area contributed by atoms with Crippen LogP contribution >= 0.6 is 15.9 Å². The highest BCUT2D eigenvalue weighted by molar-refractivity contribution is 9.10. The molecule has 1 aliphatic rings. The number of H-pyrrole nitrogens is 1. The van der Waals surface area contributed by atoms with Crippen molar-refractivity contribution in [1.29, 1.82) is 0 Å². The summed E-state index contributed by atoms with van der Waals surface area (Å²) in [5.74, 6) is 0. The van der Waals surface area contributed by atoms with Crippen molar-refractivity contribution in [2.45, 2.75) is 6.10 Å². The van der Waals surface area contributed by atoms with Crippen LogP contribution in [0.4, 0.5) is 5.69 Å². The van der Waals surface area contributed by atoms with Crippen LogP contribution in [-0.4, -0.2) is 42.7 Å². The number of nitrogens with one attached hydrogen (secondary N) is 2. The Morgan fingerprint density at radius 2 is 2.50 bits per heavy atom. The summed E-state index contributed by atoms with van der Waals surface area (Å²) in [6.45, 7) is 2.42. The number of nitrogens with zero attached hydrogens (tertiary/aromatic N) is 1. The topological polar surface area (TPSA) is 76.2 Å². The molecule has 0 aliphatic carbocycles. The summed E-state index contributed by atoms with van der Waals surface area (Å²) < 4.78 is 11.2. The Morgan fingerprint density at radius 1 is 1.62 bits per heavy atom. The van der Waals surface area contributed by atoms with Crippen LogP contribution in [0.1, 0.15) is 0 Å². The minimum Gasteiger partial charge on any atom is -0.380 e. The quantitative estimate of drug-likeness (QED) is 0.840. The summed E-state index contributed by atoms with van der Waals surface area (Å²) in [6.07, 6.45) is 1.56. The second kappa shape index (κ2) is 5.42. The fourth-order valence-electron chi connectivity index (χ4n) is 1.39. The van der Waals surface area contributed by atoms with Gasteiger partial charge in [0.2, 0.25) is 0 Å². The third-order valence-electron chi connectivity index (χ3n) is 2.20. The van der Waals surface area contributed by atoms with E-state index in [2.05, 4.69) is 31.4 Å². The first kappa shape index (κ1) is 11.6. The van der Waals surface area contributed by atoms with Gasteiger partial charge in [0.15, 0.2) is 0 Å². The third-order valence-corrected chi connectivity index (χ3v) is 2.99. The van der Waals surface area contributed by atoms with Crippen LogP contribution in [0.5, 0.6) is 0 Å². The van der Waals surface area contributed by atoms with E-state index in [9.17, 15) is 4.79 Å². The average Bonchev–Trinajstić information content (AvgIpc) is 2.32. The summed E-state index contributed by atoms with van der Waals surface area (Å²) >= 11 is 3.19. The van der Waals surface area contributed by atoms with Crippen LogP contribution in [0.2, 0.25) is 0 Å². The molecule has 88 valence electrons. The summed E-state index contributed by atoms with van der Waals surface area (Å²) in [4.78, 5) is 11.2. The average molecular weight is 290 g/mol. The Kier molecular flexibility index (Phi) is 3.92. The molecule has 7 heteroatoms. The van der Waals surface area contributed by atoms with Crippen LogP contribution in [-0.2, 0) is 9.47 Å². The largest absolute Gasteiger partial charge is 0.380 e. The van der Waals surface area contributed by atoms with Gasteiger partial charge in [0.05, 0.1) is 37.8 Å². The lowest BCUT2D eigenvalue weighted by atomic mass is 10.3. The molecular formula is C9H12BrN3O3. The Bertz CT molecular complexity index is 403. The number of aromatic nitrogens is 2. The van der Waals surface area contributed by atoms with Gasteiger partial charge in [-0.3, -0.25) is 4.79 Å². The molecular weight excluding hydrogens is 278 g/mol. The maximum Gasteiger partial charge on any atom is 0.280 e. The second-order valence-electron chi connectivity index (χ2n) is 3.38. The predicted molar refractivity (Wildman–Crippen MR) is 61.6 cm³/mol. The molecule has 0 bridgehead atoms. The van der Waals surface area contributed by atoms with E-state index in [0.29, 0.717) is 36.5 Å². The first-order valence-corrected chi connectivity index (χ1v) is 5.73. The van der Waals surface area contributed by atoms with Crippen molar-refractivity contribution in [3.8, 4) is 0 Å². The smallest absolute Gasteiger partial charge is 0.280 e. The minimum absolute atomic E-state index is 0.0138. The van der Waals surface area contributed by atoms with Gasteiger partial charge in [-0.25, -0.2) is 5.10 Å². The van der Waals surface area contributed by atoms with E-state index in [1.54, 1.807) is 6.20 Å². The molecule has 1 aromatic heterocycles. The summed E-state index contributed by atoms with van der Waals surface area (Å²) in [5.41, 5.74) is 0.392. The summed E-state index contributed by atoms with van der Waals surface area (Å²) in [5, 5.41) is 9.13. The van der Waals surface area contributed by atoms with E-state index in [0.717, 1.165) is 0 Å². The Labute approximate surface area is 100 Å². The normalized spacial score (nSPS) is 20.7. The molecule has 2 heterocycles. The molecule has 2 N–H and O–H groups in total. The molecule has 1 unspecified atom stereocenters. The van der Waals surface area contributed by atoms with Gasteiger partial charge in [-0.15, -0.1) is 0 Å². The van der Waals surface area contributed by atoms with Crippen LogP contribution in [0.3, 0.4) is 0 Å². The molecule has 0 saturated carbocycles. The van der Waals surface area contributed by atoms with Crippen LogP contribution < -0.4 is 10.9 Å². The van der Waals surface area contributed by atoms with Crippen molar-refractivity contribution < 1.29 is 9.47 Å². The van der Waals surface area contributed by atoms with E-state index < -0.39 is 0 Å². The third kappa shape index (κ3) is 2.81. The van der Waals surface area contributed by atoms with Gasteiger partial charge in [-0.05, 0) is 15.9 Å². The molecule has 16 heavy (non-hydrogen) atoms. The molecule has 1 atom stereocenters. The van der Waals surface area contributed by atoms with Crippen molar-refractivity contribution in [2.24, 2.45) is 0 Å². The standard InChI is InChI=1S/C9H12BrN3O3/c10-8-7(4-12-13-9(8)14)11-3-6-5-15-1-2-16-6/h4,6H,1-3,5H2,(H2,11,13,14). The van der Waals surface area contributed by atoms with Gasteiger partial charge >= 0.3 is 0 Å². The molecule has 1 saturated heterocycles. The Hall–Kier alpha value is -0.920. The molecule has 1 aliphatic heterocycles. The van der Waals surface area contributed by atoms with Gasteiger partial charge in [-0.1, -0.05) is 0 Å². The Morgan fingerprint density at radius 3 is 3.25 bits per heavy atom. The highest BCUT2D eigenvalue weighted by atomic mass is 79.9. The van der Waals surface area contributed by atoms with E-state index in [1.165, 1.54) is 0 Å². The van der Waals surface area contributed by atoms with Gasteiger partial charge in [0, 0.05) is 6.54 Å². The zero-order chi connectivity index (χ0) is 11.4. The SMILES string of the molecule is O=c1[nH]ncc(NCC2COCCO2)c1Br. The molecule has 0 spiro atoms. The van der Waals surface area contributed by atoms with Gasteiger partial charge in [0.25, 0.3) is 5.56 Å². The predicted octanol–water partition coefficient (Wildman–Crippen LogP) is 0.360. The van der Waals surface area contributed by atoms with E-state index in [-0.39, 0.29) is 11.7 Å². The summed E-state index contributed by atoms with van der Waals surface area (Å²) in [6, 6.07) is 0. The Balaban J connectivity index is 1.93. The molecule has 0 radical (unpaired) electrons. The number of halogens is 1. The zero-order valence-electron chi connectivity index (χ0n) is 8.53. The molecule has 1 aromatic rings. The molecule has 0 aromatic carbocycles. The molecule has 6 nitrogen and oxygen atoms in total. The highest BCUT2D eigenvalue weighted by Crippen LogP contribution is 2.15. The molecule has 0 amide bonds. The summed E-state index contributed by atoms with van der Waals surface area (Å²) in [7, 11) is 0. The van der Waals surface area contributed by atoms with Crippen molar-refractivity contribution in [3.63, 3.8) is 0 Å². The van der Waals surface area contributed by atoms with Crippen molar-refractivity contribution in [1.82, 2.24) is 10.2 Å². The first-order valence-electron chi connectivity index (χ1n) is 4.94. The maximum absolute atomic E-state index is 11.2. The van der Waals surface area contributed by atoms with Crippen molar-refractivity contribution >= 4 is 21.6 Å². The second-order valence-corrected chi connectivity index (χ2v) is 4.17. The number of aromatic amines is 1. The number of hydrogen-bond acceptors (Lipinski definition) is 5. The zero-order valence-corrected chi connectivity index (χ0v) is 10.1. The fourth-order valence-corrected chi connectivity index (χ4v) is 1.72. The monoisotopic (exact) mass is 289 g/mol. The minimum atomic E-state index is -0.259. The number of ether oxygens (including phenoxy) is 2. The van der Waals surface area contributed by atoms with E-state index >= 15 is 0 Å². The number of anilines is 1. The fraction of sp³-hybridized carbons (Fsp3) is 0.556. The maximum atomic E-state index is 11.2. The lowest BCUT2D eigenvalue weighted by molar-refractivity contribution is -0.0818. The lowest BCUT2D eigenvalue weighted by Gasteiger charge is -2.23. The highest BCUT2D eigenvalue weighted by Gasteiger charge is 2.14. The van der Waals surface area contributed by atoms with Crippen LogP contribution in [0, 0.1) is 0 Å². The van der Waals surface area contributed by atoms with Gasteiger partial charge in [0.1, 0.15) is 4.47 Å². The van der Waals surface area contributed by atoms with Crippen LogP contribution in [0.25, 0.3) is 0 Å². The van der Waals surface area contributed by atoms with Crippen molar-refractivity contribution in [2.75, 3.05) is 31.7 Å². The first-order chi connectivity index (χ1) is 7.77.